The molecule has 1 aliphatic heterocycles. The van der Waals surface area contributed by atoms with Crippen LogP contribution in [0.5, 0.6) is 0 Å². The standard InChI is InChI=1S/C18H26O3/c1-18(2)13-15(10-12-21-18)16(9-6-11-19)17(20)14-7-4-3-5-8-14/h3-5,7-8,15-16,19H,6,9-13H2,1-2H3/t15-,16-/m0/s1. The van der Waals surface area contributed by atoms with Crippen LogP contribution < -0.4 is 0 Å². The van der Waals surface area contributed by atoms with Crippen molar-refractivity contribution in [2.45, 2.75) is 45.1 Å². The number of rotatable bonds is 6. The van der Waals surface area contributed by atoms with Gasteiger partial charge in [-0.05, 0) is 45.4 Å². The Hall–Kier alpha value is -1.19. The van der Waals surface area contributed by atoms with Crippen LogP contribution in [-0.2, 0) is 4.74 Å². The number of aliphatic hydroxyl groups is 1. The van der Waals surface area contributed by atoms with E-state index in [-0.39, 0.29) is 23.9 Å². The van der Waals surface area contributed by atoms with Crippen LogP contribution in [0.3, 0.4) is 0 Å². The van der Waals surface area contributed by atoms with Crippen LogP contribution in [0.1, 0.15) is 49.9 Å². The van der Waals surface area contributed by atoms with E-state index < -0.39 is 0 Å². The predicted molar refractivity (Wildman–Crippen MR) is 83.3 cm³/mol. The third-order valence-corrected chi connectivity index (χ3v) is 4.37. The largest absolute Gasteiger partial charge is 0.396 e. The molecule has 0 bridgehead atoms. The Morgan fingerprint density at radius 2 is 2.10 bits per heavy atom. The molecule has 0 amide bonds. The summed E-state index contributed by atoms with van der Waals surface area (Å²) in [7, 11) is 0. The molecule has 2 rings (SSSR count). The number of carbonyl (C=O) groups excluding carboxylic acids is 1. The Balaban J connectivity index is 2.15. The zero-order valence-electron chi connectivity index (χ0n) is 13.0. The molecule has 3 nitrogen and oxygen atoms in total. The van der Waals surface area contributed by atoms with Gasteiger partial charge in [-0.25, -0.2) is 0 Å². The maximum atomic E-state index is 12.8. The number of ether oxygens (including phenoxy) is 1. The van der Waals surface area contributed by atoms with Gasteiger partial charge in [0, 0.05) is 24.7 Å². The Kier molecular flexibility index (Phi) is 5.54. The minimum absolute atomic E-state index is 0.0114. The van der Waals surface area contributed by atoms with Gasteiger partial charge in [0.05, 0.1) is 5.60 Å². The molecule has 1 saturated heterocycles. The van der Waals surface area contributed by atoms with Gasteiger partial charge >= 0.3 is 0 Å². The average molecular weight is 290 g/mol. The summed E-state index contributed by atoms with van der Waals surface area (Å²) in [5.74, 6) is 0.544. The number of carbonyl (C=O) groups is 1. The molecule has 1 heterocycles. The number of aliphatic hydroxyl groups excluding tert-OH is 1. The summed E-state index contributed by atoms with van der Waals surface area (Å²) in [6.45, 7) is 5.05. The van der Waals surface area contributed by atoms with Gasteiger partial charge in [-0.1, -0.05) is 30.3 Å². The summed E-state index contributed by atoms with van der Waals surface area (Å²) in [4.78, 5) is 12.8. The monoisotopic (exact) mass is 290 g/mol. The molecule has 1 aromatic rings. The highest BCUT2D eigenvalue weighted by molar-refractivity contribution is 5.98. The Labute approximate surface area is 127 Å². The lowest BCUT2D eigenvalue weighted by molar-refractivity contribution is -0.0803. The highest BCUT2D eigenvalue weighted by Crippen LogP contribution is 2.36. The van der Waals surface area contributed by atoms with Crippen molar-refractivity contribution in [1.29, 1.82) is 0 Å². The van der Waals surface area contributed by atoms with Gasteiger partial charge in [-0.2, -0.15) is 0 Å². The van der Waals surface area contributed by atoms with Crippen LogP contribution in [0.25, 0.3) is 0 Å². The second kappa shape index (κ2) is 7.19. The first-order valence-electron chi connectivity index (χ1n) is 7.87. The van der Waals surface area contributed by atoms with E-state index in [0.717, 1.165) is 31.4 Å². The fourth-order valence-corrected chi connectivity index (χ4v) is 3.33. The van der Waals surface area contributed by atoms with Gasteiger partial charge in [0.2, 0.25) is 0 Å². The van der Waals surface area contributed by atoms with E-state index in [4.69, 9.17) is 9.84 Å². The molecule has 3 heteroatoms. The molecule has 0 aliphatic carbocycles. The van der Waals surface area contributed by atoms with E-state index in [1.165, 1.54) is 0 Å². The van der Waals surface area contributed by atoms with Crippen LogP contribution >= 0.6 is 0 Å². The minimum Gasteiger partial charge on any atom is -0.396 e. The Morgan fingerprint density at radius 1 is 1.38 bits per heavy atom. The fraction of sp³-hybridized carbons (Fsp3) is 0.611. The first-order valence-corrected chi connectivity index (χ1v) is 7.87. The van der Waals surface area contributed by atoms with Crippen LogP contribution in [-0.4, -0.2) is 29.7 Å². The molecular weight excluding hydrogens is 264 g/mol. The summed E-state index contributed by atoms with van der Waals surface area (Å²) >= 11 is 0. The first kappa shape index (κ1) is 16.2. The lowest BCUT2D eigenvalue weighted by Crippen LogP contribution is -2.39. The van der Waals surface area contributed by atoms with Crippen molar-refractivity contribution in [1.82, 2.24) is 0 Å². The highest BCUT2D eigenvalue weighted by atomic mass is 16.5. The smallest absolute Gasteiger partial charge is 0.166 e. The van der Waals surface area contributed by atoms with Gasteiger partial charge in [0.1, 0.15) is 0 Å². The van der Waals surface area contributed by atoms with E-state index in [1.54, 1.807) is 0 Å². The van der Waals surface area contributed by atoms with E-state index in [2.05, 4.69) is 13.8 Å². The third-order valence-electron chi connectivity index (χ3n) is 4.37. The van der Waals surface area contributed by atoms with Gasteiger partial charge in [0.25, 0.3) is 0 Å². The Bertz CT molecular complexity index is 453. The highest BCUT2D eigenvalue weighted by Gasteiger charge is 2.36. The molecular formula is C18H26O3. The van der Waals surface area contributed by atoms with Crippen molar-refractivity contribution in [3.63, 3.8) is 0 Å². The summed E-state index contributed by atoms with van der Waals surface area (Å²) < 4.78 is 5.77. The molecule has 1 aromatic carbocycles. The van der Waals surface area contributed by atoms with E-state index in [1.807, 2.05) is 30.3 Å². The summed E-state index contributed by atoms with van der Waals surface area (Å²) in [5, 5.41) is 9.13. The predicted octanol–water partition coefficient (Wildman–Crippen LogP) is 3.46. The van der Waals surface area contributed by atoms with Crippen molar-refractivity contribution in [3.8, 4) is 0 Å². The van der Waals surface area contributed by atoms with Gasteiger partial charge < -0.3 is 9.84 Å². The first-order chi connectivity index (χ1) is 10.0. The van der Waals surface area contributed by atoms with E-state index in [9.17, 15) is 4.79 Å². The maximum absolute atomic E-state index is 12.8. The summed E-state index contributed by atoms with van der Waals surface area (Å²) in [6.07, 6.45) is 3.27. The van der Waals surface area contributed by atoms with Crippen LogP contribution in [0, 0.1) is 11.8 Å². The number of hydrogen-bond donors (Lipinski definition) is 1. The quantitative estimate of drug-likeness (QED) is 0.816. The molecule has 1 fully saturated rings. The van der Waals surface area contributed by atoms with Crippen LogP contribution in [0.2, 0.25) is 0 Å². The molecule has 21 heavy (non-hydrogen) atoms. The normalized spacial score (nSPS) is 22.7. The zero-order chi connectivity index (χ0) is 15.3. The van der Waals surface area contributed by atoms with Crippen molar-refractivity contribution in [3.05, 3.63) is 35.9 Å². The Morgan fingerprint density at radius 3 is 2.71 bits per heavy atom. The van der Waals surface area contributed by atoms with Crippen molar-refractivity contribution in [2.75, 3.05) is 13.2 Å². The van der Waals surface area contributed by atoms with Crippen LogP contribution in [0.4, 0.5) is 0 Å². The summed E-state index contributed by atoms with van der Waals surface area (Å²) in [5.41, 5.74) is 0.627. The number of hydrogen-bond acceptors (Lipinski definition) is 3. The molecule has 2 atom stereocenters. The SMILES string of the molecule is CC1(C)C[C@@H]([C@H](CCCO)C(=O)c2ccccc2)CCO1. The van der Waals surface area contributed by atoms with Gasteiger partial charge in [0.15, 0.2) is 5.78 Å². The molecule has 0 unspecified atom stereocenters. The topological polar surface area (TPSA) is 46.5 Å². The second-order valence-electron chi connectivity index (χ2n) is 6.56. The molecule has 0 aromatic heterocycles. The minimum atomic E-state index is -0.155. The second-order valence-corrected chi connectivity index (χ2v) is 6.56. The molecule has 0 spiro atoms. The average Bonchev–Trinajstić information content (AvgIpc) is 2.47. The number of ketones is 1. The van der Waals surface area contributed by atoms with Crippen molar-refractivity contribution >= 4 is 5.78 Å². The van der Waals surface area contributed by atoms with Gasteiger partial charge in [-0.15, -0.1) is 0 Å². The van der Waals surface area contributed by atoms with Crippen LogP contribution in [0.15, 0.2) is 30.3 Å². The third kappa shape index (κ3) is 4.39. The molecule has 116 valence electrons. The van der Waals surface area contributed by atoms with Gasteiger partial charge in [-0.3, -0.25) is 4.79 Å². The molecule has 0 saturated carbocycles. The van der Waals surface area contributed by atoms with E-state index in [0.29, 0.717) is 12.3 Å². The lowest BCUT2D eigenvalue weighted by Gasteiger charge is -2.38. The van der Waals surface area contributed by atoms with Crippen molar-refractivity contribution in [2.24, 2.45) is 11.8 Å². The maximum Gasteiger partial charge on any atom is 0.166 e. The lowest BCUT2D eigenvalue weighted by atomic mass is 9.74. The summed E-state index contributed by atoms with van der Waals surface area (Å²) in [6, 6.07) is 9.52. The number of benzene rings is 1. The van der Waals surface area contributed by atoms with Crippen molar-refractivity contribution < 1.29 is 14.6 Å². The zero-order valence-corrected chi connectivity index (χ0v) is 13.0. The molecule has 1 aliphatic rings. The number of Topliss-reactive ketones (excluding diaryl/α,β-unsaturated/α-hetero) is 1. The molecule has 1 N–H and O–H groups in total. The van der Waals surface area contributed by atoms with E-state index >= 15 is 0 Å². The fourth-order valence-electron chi connectivity index (χ4n) is 3.33. The molecule has 0 radical (unpaired) electrons.